The SMILES string of the molecule is CCn1c(=NC(=O)c2cccc(S(C)(=O)=O)c2)sc2c(C)ccc(C)c21. The Hall–Kier alpha value is -2.25. The molecule has 0 radical (unpaired) electrons. The molecule has 0 atom stereocenters. The van der Waals surface area contributed by atoms with Crippen molar-refractivity contribution >= 4 is 37.3 Å². The monoisotopic (exact) mass is 388 g/mol. The lowest BCUT2D eigenvalue weighted by Gasteiger charge is -2.05. The third kappa shape index (κ3) is 3.37. The lowest BCUT2D eigenvalue weighted by Crippen LogP contribution is -2.16. The van der Waals surface area contributed by atoms with E-state index in [1.807, 2.05) is 25.3 Å². The first kappa shape index (κ1) is 18.5. The quantitative estimate of drug-likeness (QED) is 0.690. The number of carbonyl (C=O) groups excluding carboxylic acids is 1. The highest BCUT2D eigenvalue weighted by Gasteiger charge is 2.14. The Kier molecular flexibility index (Phi) is 4.86. The first-order chi connectivity index (χ1) is 12.2. The summed E-state index contributed by atoms with van der Waals surface area (Å²) >= 11 is 1.48. The Balaban J connectivity index is 2.18. The summed E-state index contributed by atoms with van der Waals surface area (Å²) in [6.07, 6.45) is 1.12. The first-order valence-electron chi connectivity index (χ1n) is 8.21. The van der Waals surface area contributed by atoms with Crippen molar-refractivity contribution in [1.29, 1.82) is 0 Å². The van der Waals surface area contributed by atoms with Crippen molar-refractivity contribution in [2.75, 3.05) is 6.26 Å². The molecule has 2 aromatic carbocycles. The second-order valence-electron chi connectivity index (χ2n) is 6.22. The van der Waals surface area contributed by atoms with E-state index in [2.05, 4.69) is 17.1 Å². The Morgan fingerprint density at radius 1 is 1.15 bits per heavy atom. The van der Waals surface area contributed by atoms with Crippen LogP contribution in [0.3, 0.4) is 0 Å². The molecule has 136 valence electrons. The van der Waals surface area contributed by atoms with E-state index in [1.54, 1.807) is 12.1 Å². The Labute approximate surface area is 156 Å². The minimum Gasteiger partial charge on any atom is -0.316 e. The number of carbonyl (C=O) groups is 1. The van der Waals surface area contributed by atoms with Gasteiger partial charge in [0.05, 0.1) is 15.1 Å². The van der Waals surface area contributed by atoms with Crippen LogP contribution in [0.15, 0.2) is 46.3 Å². The van der Waals surface area contributed by atoms with Gasteiger partial charge in [-0.1, -0.05) is 29.5 Å². The zero-order chi connectivity index (χ0) is 19.1. The van der Waals surface area contributed by atoms with Gasteiger partial charge in [0.2, 0.25) is 0 Å². The summed E-state index contributed by atoms with van der Waals surface area (Å²) in [5.41, 5.74) is 3.64. The smallest absolute Gasteiger partial charge is 0.279 e. The van der Waals surface area contributed by atoms with Gasteiger partial charge in [-0.15, -0.1) is 0 Å². The molecule has 1 amide bonds. The highest BCUT2D eigenvalue weighted by atomic mass is 32.2. The zero-order valence-corrected chi connectivity index (χ0v) is 16.7. The Morgan fingerprint density at radius 2 is 1.85 bits per heavy atom. The van der Waals surface area contributed by atoms with Gasteiger partial charge in [-0.25, -0.2) is 8.42 Å². The average Bonchev–Trinajstić information content (AvgIpc) is 2.97. The van der Waals surface area contributed by atoms with Crippen molar-refractivity contribution in [2.45, 2.75) is 32.2 Å². The lowest BCUT2D eigenvalue weighted by atomic mass is 10.1. The van der Waals surface area contributed by atoms with E-state index >= 15 is 0 Å². The molecule has 1 heterocycles. The maximum absolute atomic E-state index is 12.6. The molecule has 0 fully saturated rings. The number of thiazole rings is 1. The molecule has 0 unspecified atom stereocenters. The van der Waals surface area contributed by atoms with E-state index in [4.69, 9.17) is 0 Å². The van der Waals surface area contributed by atoms with E-state index < -0.39 is 15.7 Å². The van der Waals surface area contributed by atoms with Crippen molar-refractivity contribution in [1.82, 2.24) is 4.57 Å². The number of benzene rings is 2. The first-order valence-corrected chi connectivity index (χ1v) is 10.9. The highest BCUT2D eigenvalue weighted by Crippen LogP contribution is 2.25. The van der Waals surface area contributed by atoms with Gasteiger partial charge in [-0.3, -0.25) is 4.79 Å². The number of aryl methyl sites for hydroxylation is 3. The predicted octanol–water partition coefficient (Wildman–Crippen LogP) is 3.48. The fourth-order valence-electron chi connectivity index (χ4n) is 2.86. The minimum atomic E-state index is -3.37. The molecule has 0 aliphatic carbocycles. The van der Waals surface area contributed by atoms with Crippen molar-refractivity contribution < 1.29 is 13.2 Å². The molecular formula is C19H20N2O3S2. The number of hydrogen-bond acceptors (Lipinski definition) is 4. The Morgan fingerprint density at radius 3 is 2.50 bits per heavy atom. The molecular weight excluding hydrogens is 368 g/mol. The molecule has 5 nitrogen and oxygen atoms in total. The minimum absolute atomic E-state index is 0.116. The molecule has 0 saturated carbocycles. The summed E-state index contributed by atoms with van der Waals surface area (Å²) in [5, 5.41) is 0. The van der Waals surface area contributed by atoms with Crippen LogP contribution in [0.1, 0.15) is 28.4 Å². The largest absolute Gasteiger partial charge is 0.316 e. The van der Waals surface area contributed by atoms with Gasteiger partial charge in [0, 0.05) is 18.4 Å². The fourth-order valence-corrected chi connectivity index (χ4v) is 4.77. The molecule has 3 rings (SSSR count). The van der Waals surface area contributed by atoms with Crippen molar-refractivity contribution in [3.63, 3.8) is 0 Å². The van der Waals surface area contributed by atoms with Gasteiger partial charge in [-0.05, 0) is 50.1 Å². The van der Waals surface area contributed by atoms with E-state index in [9.17, 15) is 13.2 Å². The van der Waals surface area contributed by atoms with Crippen LogP contribution in [0.25, 0.3) is 10.2 Å². The van der Waals surface area contributed by atoms with Crippen molar-refractivity contribution in [3.05, 3.63) is 57.9 Å². The molecule has 0 N–H and O–H groups in total. The summed E-state index contributed by atoms with van der Waals surface area (Å²) in [4.78, 5) is 17.7. The van der Waals surface area contributed by atoms with E-state index in [0.29, 0.717) is 11.3 Å². The van der Waals surface area contributed by atoms with E-state index in [0.717, 1.165) is 27.6 Å². The number of aromatic nitrogens is 1. The van der Waals surface area contributed by atoms with Crippen LogP contribution in [0.4, 0.5) is 0 Å². The normalized spacial score (nSPS) is 12.7. The van der Waals surface area contributed by atoms with Gasteiger partial charge in [0.15, 0.2) is 14.6 Å². The fraction of sp³-hybridized carbons (Fsp3) is 0.263. The van der Waals surface area contributed by atoms with Crippen molar-refractivity contribution in [3.8, 4) is 0 Å². The number of fused-ring (bicyclic) bond motifs is 1. The van der Waals surface area contributed by atoms with Gasteiger partial charge in [0.25, 0.3) is 5.91 Å². The average molecular weight is 389 g/mol. The topological polar surface area (TPSA) is 68.5 Å². The van der Waals surface area contributed by atoms with Crippen LogP contribution in [0.2, 0.25) is 0 Å². The number of amides is 1. The molecule has 26 heavy (non-hydrogen) atoms. The zero-order valence-electron chi connectivity index (χ0n) is 15.1. The van der Waals surface area contributed by atoms with Gasteiger partial charge in [0.1, 0.15) is 0 Å². The number of sulfone groups is 1. The molecule has 0 spiro atoms. The summed E-state index contributed by atoms with van der Waals surface area (Å²) < 4.78 is 26.6. The molecule has 0 bridgehead atoms. The van der Waals surface area contributed by atoms with Gasteiger partial charge >= 0.3 is 0 Å². The third-order valence-corrected chi connectivity index (χ3v) is 6.57. The maximum Gasteiger partial charge on any atom is 0.279 e. The predicted molar refractivity (Wildman–Crippen MR) is 104 cm³/mol. The number of nitrogens with zero attached hydrogens (tertiary/aromatic N) is 2. The number of rotatable bonds is 3. The molecule has 3 aromatic rings. The Bertz CT molecular complexity index is 1190. The lowest BCUT2D eigenvalue weighted by molar-refractivity contribution is 0.0997. The van der Waals surface area contributed by atoms with E-state index in [1.165, 1.54) is 23.5 Å². The number of hydrogen-bond donors (Lipinski definition) is 0. The highest BCUT2D eigenvalue weighted by molar-refractivity contribution is 7.90. The summed E-state index contributed by atoms with van der Waals surface area (Å²) in [6, 6.07) is 10.1. The molecule has 0 aliphatic heterocycles. The van der Waals surface area contributed by atoms with Crippen LogP contribution in [-0.2, 0) is 16.4 Å². The summed E-state index contributed by atoms with van der Waals surface area (Å²) in [6.45, 7) is 6.79. The molecule has 7 heteroatoms. The van der Waals surface area contributed by atoms with Crippen LogP contribution in [-0.4, -0.2) is 25.1 Å². The second-order valence-corrected chi connectivity index (χ2v) is 9.22. The van der Waals surface area contributed by atoms with Crippen LogP contribution < -0.4 is 4.80 Å². The molecule has 0 aliphatic rings. The van der Waals surface area contributed by atoms with Crippen molar-refractivity contribution in [2.24, 2.45) is 4.99 Å². The maximum atomic E-state index is 12.6. The van der Waals surface area contributed by atoms with E-state index in [-0.39, 0.29) is 10.5 Å². The van der Waals surface area contributed by atoms with Crippen LogP contribution in [0, 0.1) is 13.8 Å². The van der Waals surface area contributed by atoms with Gasteiger partial charge in [-0.2, -0.15) is 4.99 Å². The standard InChI is InChI=1S/C19H20N2O3S2/c1-5-21-16-12(2)9-10-13(3)17(16)25-19(21)20-18(22)14-7-6-8-15(11-14)26(4,23)24/h6-11H,5H2,1-4H3. The van der Waals surface area contributed by atoms with Gasteiger partial charge < -0.3 is 4.57 Å². The molecule has 1 aromatic heterocycles. The van der Waals surface area contributed by atoms with Crippen LogP contribution in [0.5, 0.6) is 0 Å². The third-order valence-electron chi connectivity index (χ3n) is 4.25. The van der Waals surface area contributed by atoms with Crippen LogP contribution >= 0.6 is 11.3 Å². The second kappa shape index (κ2) is 6.81. The molecule has 0 saturated heterocycles. The summed E-state index contributed by atoms with van der Waals surface area (Å²) in [7, 11) is -3.37. The summed E-state index contributed by atoms with van der Waals surface area (Å²) in [5.74, 6) is -0.445.